The van der Waals surface area contributed by atoms with Crippen LogP contribution in [0.25, 0.3) is 5.57 Å². The molecule has 2 aromatic carbocycles. The highest BCUT2D eigenvalue weighted by molar-refractivity contribution is 5.88. The van der Waals surface area contributed by atoms with Gasteiger partial charge in [-0.3, -0.25) is 4.79 Å². The molecule has 0 radical (unpaired) electrons. The fourth-order valence-corrected chi connectivity index (χ4v) is 5.84. The highest BCUT2D eigenvalue weighted by Gasteiger charge is 2.47. The van der Waals surface area contributed by atoms with Gasteiger partial charge in [0, 0.05) is 18.9 Å². The molecule has 2 aromatic rings. The van der Waals surface area contributed by atoms with Gasteiger partial charge < -0.3 is 14.9 Å². The lowest BCUT2D eigenvalue weighted by Gasteiger charge is -2.43. The smallest absolute Gasteiger partial charge is 0.341 e. The summed E-state index contributed by atoms with van der Waals surface area (Å²) in [5.74, 6) is -2.37. The average Bonchev–Trinajstić information content (AvgIpc) is 2.89. The molecular formula is C33H40O5. The van der Waals surface area contributed by atoms with Gasteiger partial charge in [-0.15, -0.1) is 0 Å². The van der Waals surface area contributed by atoms with Crippen LogP contribution in [0.3, 0.4) is 0 Å². The van der Waals surface area contributed by atoms with E-state index < -0.39 is 23.5 Å². The van der Waals surface area contributed by atoms with Gasteiger partial charge in [0.2, 0.25) is 0 Å². The van der Waals surface area contributed by atoms with E-state index in [0.29, 0.717) is 19.3 Å². The number of ether oxygens (including phenoxy) is 1. The van der Waals surface area contributed by atoms with Gasteiger partial charge in [0.05, 0.1) is 0 Å². The van der Waals surface area contributed by atoms with Crippen LogP contribution in [0.4, 0.5) is 0 Å². The van der Waals surface area contributed by atoms with Gasteiger partial charge in [0.25, 0.3) is 0 Å². The third-order valence-electron chi connectivity index (χ3n) is 8.37. The van der Waals surface area contributed by atoms with E-state index in [1.165, 1.54) is 11.1 Å². The van der Waals surface area contributed by atoms with Crippen molar-refractivity contribution >= 4 is 17.5 Å². The summed E-state index contributed by atoms with van der Waals surface area (Å²) in [6, 6.07) is 16.5. The molecule has 0 fully saturated rings. The number of carboxylic acid groups (broad SMARTS) is 2. The largest absolute Gasteiger partial charge is 0.481 e. The van der Waals surface area contributed by atoms with Crippen molar-refractivity contribution in [1.29, 1.82) is 0 Å². The monoisotopic (exact) mass is 516 g/mol. The Morgan fingerprint density at radius 1 is 0.895 bits per heavy atom. The van der Waals surface area contributed by atoms with Crippen LogP contribution in [0.1, 0.15) is 94.4 Å². The van der Waals surface area contributed by atoms with Crippen LogP contribution >= 0.6 is 0 Å². The van der Waals surface area contributed by atoms with Crippen LogP contribution in [0.15, 0.2) is 66.8 Å². The Balaban J connectivity index is 1.74. The zero-order chi connectivity index (χ0) is 27.6. The van der Waals surface area contributed by atoms with Gasteiger partial charge in [0.1, 0.15) is 0 Å². The van der Waals surface area contributed by atoms with E-state index in [2.05, 4.69) is 45.9 Å². The molecule has 2 N–H and O–H groups in total. The van der Waals surface area contributed by atoms with Crippen molar-refractivity contribution in [2.45, 2.75) is 88.6 Å². The van der Waals surface area contributed by atoms with E-state index in [0.717, 1.165) is 29.5 Å². The number of hydrogen-bond acceptors (Lipinski definition) is 3. The number of benzene rings is 2. The second-order valence-corrected chi connectivity index (χ2v) is 12.0. The van der Waals surface area contributed by atoms with Gasteiger partial charge >= 0.3 is 11.9 Å². The van der Waals surface area contributed by atoms with E-state index in [-0.39, 0.29) is 23.9 Å². The average molecular weight is 517 g/mol. The number of allylic oxidation sites excluding steroid dienone is 2. The van der Waals surface area contributed by atoms with E-state index in [1.54, 1.807) is 6.08 Å². The first-order valence-corrected chi connectivity index (χ1v) is 13.7. The molecule has 2 aliphatic carbocycles. The van der Waals surface area contributed by atoms with Crippen molar-refractivity contribution in [1.82, 2.24) is 0 Å². The van der Waals surface area contributed by atoms with Crippen molar-refractivity contribution < 1.29 is 24.5 Å². The zero-order valence-corrected chi connectivity index (χ0v) is 23.0. The number of fused-ring (bicyclic) bond motifs is 1. The minimum absolute atomic E-state index is 0.00573. The summed E-state index contributed by atoms with van der Waals surface area (Å²) in [6.07, 6.45) is 9.71. The number of rotatable bonds is 10. The Bertz CT molecular complexity index is 1240. The van der Waals surface area contributed by atoms with Crippen molar-refractivity contribution in [3.8, 4) is 0 Å². The predicted octanol–water partition coefficient (Wildman–Crippen LogP) is 7.26. The first-order chi connectivity index (χ1) is 18.0. The maximum atomic E-state index is 12.9. The Labute approximate surface area is 226 Å². The Hall–Kier alpha value is -3.18. The Morgan fingerprint density at radius 3 is 2.24 bits per heavy atom. The second kappa shape index (κ2) is 10.9. The minimum atomic E-state index is -1.55. The molecule has 0 aromatic heterocycles. The van der Waals surface area contributed by atoms with Gasteiger partial charge in [-0.05, 0) is 70.4 Å². The van der Waals surface area contributed by atoms with Gasteiger partial charge in [-0.1, -0.05) is 94.8 Å². The molecule has 0 saturated carbocycles. The first kappa shape index (κ1) is 27.8. The van der Waals surface area contributed by atoms with Crippen LogP contribution in [-0.2, 0) is 25.2 Å². The lowest BCUT2D eigenvalue weighted by molar-refractivity contribution is -0.161. The molecule has 5 nitrogen and oxygen atoms in total. The van der Waals surface area contributed by atoms with Crippen molar-refractivity contribution in [3.63, 3.8) is 0 Å². The van der Waals surface area contributed by atoms with Crippen molar-refractivity contribution in [2.75, 3.05) is 6.61 Å². The molecule has 0 bridgehead atoms. The Kier molecular flexibility index (Phi) is 7.98. The molecule has 2 unspecified atom stereocenters. The molecular weight excluding hydrogens is 476 g/mol. The SMILES string of the molecule is CC1(C)CCC(C)(C)c2cc(C3C=C(c4ccccc4)C=CC3(OCCCCCC(=O)O)C(=O)O)ccc21. The van der Waals surface area contributed by atoms with Crippen LogP contribution in [0.2, 0.25) is 0 Å². The van der Waals surface area contributed by atoms with Crippen LogP contribution in [-0.4, -0.2) is 34.4 Å². The lowest BCUT2D eigenvalue weighted by atomic mass is 9.62. The highest BCUT2D eigenvalue weighted by atomic mass is 16.5. The Morgan fingerprint density at radius 2 is 1.58 bits per heavy atom. The maximum absolute atomic E-state index is 12.9. The van der Waals surface area contributed by atoms with E-state index in [1.807, 2.05) is 42.5 Å². The molecule has 5 heteroatoms. The molecule has 2 atom stereocenters. The summed E-state index contributed by atoms with van der Waals surface area (Å²) in [7, 11) is 0. The molecule has 2 aliphatic rings. The molecule has 38 heavy (non-hydrogen) atoms. The third-order valence-corrected chi connectivity index (χ3v) is 8.37. The lowest BCUT2D eigenvalue weighted by Crippen LogP contribution is -2.46. The molecule has 0 aliphatic heterocycles. The van der Waals surface area contributed by atoms with Gasteiger partial charge in [0.15, 0.2) is 5.60 Å². The van der Waals surface area contributed by atoms with Gasteiger partial charge in [-0.2, -0.15) is 0 Å². The van der Waals surface area contributed by atoms with E-state index >= 15 is 0 Å². The molecule has 0 spiro atoms. The first-order valence-electron chi connectivity index (χ1n) is 13.7. The summed E-state index contributed by atoms with van der Waals surface area (Å²) in [6.45, 7) is 9.35. The fraction of sp³-hybridized carbons (Fsp3) is 0.455. The molecule has 0 amide bonds. The van der Waals surface area contributed by atoms with E-state index in [9.17, 15) is 14.7 Å². The van der Waals surface area contributed by atoms with Crippen molar-refractivity contribution in [3.05, 3.63) is 89.0 Å². The summed E-state index contributed by atoms with van der Waals surface area (Å²) >= 11 is 0. The highest BCUT2D eigenvalue weighted by Crippen LogP contribution is 2.48. The van der Waals surface area contributed by atoms with Crippen LogP contribution in [0.5, 0.6) is 0 Å². The van der Waals surface area contributed by atoms with Crippen LogP contribution in [0, 0.1) is 0 Å². The summed E-state index contributed by atoms with van der Waals surface area (Å²) in [5.41, 5.74) is 4.05. The van der Waals surface area contributed by atoms with Crippen LogP contribution < -0.4 is 0 Å². The molecule has 0 heterocycles. The third kappa shape index (κ3) is 5.63. The number of hydrogen-bond donors (Lipinski definition) is 2. The topological polar surface area (TPSA) is 83.8 Å². The molecule has 4 rings (SSSR count). The standard InChI is InChI=1S/C33H40O5/c1-31(2)18-19-32(3,4)28-22-25(14-15-26(28)31)27-21-24(23-11-7-5-8-12-23)16-17-33(27,30(36)37)38-20-10-6-9-13-29(34)35/h5,7-8,11-12,14-17,21-22,27H,6,9-10,13,18-20H2,1-4H3,(H,34,35)(H,36,37). The zero-order valence-electron chi connectivity index (χ0n) is 23.0. The minimum Gasteiger partial charge on any atom is -0.481 e. The maximum Gasteiger partial charge on any atom is 0.341 e. The summed E-state index contributed by atoms with van der Waals surface area (Å²) in [5, 5.41) is 19.5. The summed E-state index contributed by atoms with van der Waals surface area (Å²) < 4.78 is 6.25. The number of carboxylic acids is 2. The van der Waals surface area contributed by atoms with Gasteiger partial charge in [-0.25, -0.2) is 4.79 Å². The second-order valence-electron chi connectivity index (χ2n) is 12.0. The van der Waals surface area contributed by atoms with E-state index in [4.69, 9.17) is 9.84 Å². The van der Waals surface area contributed by atoms with Crippen molar-refractivity contribution in [2.24, 2.45) is 0 Å². The molecule has 0 saturated heterocycles. The quantitative estimate of drug-likeness (QED) is 0.325. The molecule has 202 valence electrons. The predicted molar refractivity (Wildman–Crippen MR) is 150 cm³/mol. The number of unbranched alkanes of at least 4 members (excludes halogenated alkanes) is 2. The number of carbonyl (C=O) groups is 2. The fourth-order valence-electron chi connectivity index (χ4n) is 5.84. The number of aliphatic carboxylic acids is 2. The normalized spacial score (nSPS) is 23.4. The summed E-state index contributed by atoms with van der Waals surface area (Å²) in [4.78, 5) is 23.8.